The van der Waals surface area contributed by atoms with Crippen molar-refractivity contribution in [1.29, 1.82) is 0 Å². The molecule has 0 spiro atoms. The van der Waals surface area contributed by atoms with Crippen LogP contribution >= 0.6 is 0 Å². The fourth-order valence-electron chi connectivity index (χ4n) is 1.38. The van der Waals surface area contributed by atoms with Crippen molar-refractivity contribution in [2.45, 2.75) is 26.7 Å². The first-order valence-corrected chi connectivity index (χ1v) is 5.43. The van der Waals surface area contributed by atoms with Gasteiger partial charge in [0.1, 0.15) is 0 Å². The van der Waals surface area contributed by atoms with Crippen LogP contribution in [-0.4, -0.2) is 43.5 Å². The second-order valence-corrected chi connectivity index (χ2v) is 3.33. The van der Waals surface area contributed by atoms with Crippen LogP contribution in [0.15, 0.2) is 0 Å². The number of amides is 1. The van der Waals surface area contributed by atoms with Crippen molar-refractivity contribution >= 4 is 5.91 Å². The third-order valence-electron chi connectivity index (χ3n) is 2.01. The molecule has 0 saturated carbocycles. The molecule has 0 bridgehead atoms. The first-order valence-electron chi connectivity index (χ1n) is 5.43. The van der Waals surface area contributed by atoms with Gasteiger partial charge in [-0.15, -0.1) is 0 Å². The quantitative estimate of drug-likeness (QED) is 0.589. The second-order valence-electron chi connectivity index (χ2n) is 3.33. The van der Waals surface area contributed by atoms with E-state index < -0.39 is 0 Å². The summed E-state index contributed by atoms with van der Waals surface area (Å²) in [5.74, 6) is 0.130. The van der Waals surface area contributed by atoms with Gasteiger partial charge in [-0.25, -0.2) is 0 Å². The minimum Gasteiger partial charge on any atom is -0.356 e. The van der Waals surface area contributed by atoms with Crippen molar-refractivity contribution in [3.8, 4) is 0 Å². The second kappa shape index (κ2) is 8.97. The zero-order chi connectivity index (χ0) is 10.8. The molecule has 0 aliphatic rings. The minimum absolute atomic E-state index is 0.130. The van der Waals surface area contributed by atoms with Crippen LogP contribution in [0.1, 0.15) is 26.7 Å². The third kappa shape index (κ3) is 6.86. The molecule has 0 atom stereocenters. The fourth-order valence-corrected chi connectivity index (χ4v) is 1.38. The maximum atomic E-state index is 11.2. The van der Waals surface area contributed by atoms with Crippen molar-refractivity contribution in [2.24, 2.45) is 5.73 Å². The molecule has 0 fully saturated rings. The Morgan fingerprint density at radius 1 is 1.29 bits per heavy atom. The summed E-state index contributed by atoms with van der Waals surface area (Å²) in [5.41, 5.74) is 5.48. The number of rotatable bonds is 8. The van der Waals surface area contributed by atoms with Crippen LogP contribution in [0.2, 0.25) is 0 Å². The molecule has 4 nitrogen and oxygen atoms in total. The van der Waals surface area contributed by atoms with Crippen molar-refractivity contribution in [1.82, 2.24) is 10.2 Å². The highest BCUT2D eigenvalue weighted by atomic mass is 16.1. The Kier molecular flexibility index (Phi) is 8.57. The molecule has 3 N–H and O–H groups in total. The van der Waals surface area contributed by atoms with Gasteiger partial charge in [0, 0.05) is 32.6 Å². The zero-order valence-corrected chi connectivity index (χ0v) is 9.38. The van der Waals surface area contributed by atoms with E-state index in [4.69, 9.17) is 5.73 Å². The predicted molar refractivity (Wildman–Crippen MR) is 59.1 cm³/mol. The third-order valence-corrected chi connectivity index (χ3v) is 2.01. The lowest BCUT2D eigenvalue weighted by molar-refractivity contribution is -0.121. The van der Waals surface area contributed by atoms with Gasteiger partial charge in [0.05, 0.1) is 0 Å². The molecule has 0 heterocycles. The Morgan fingerprint density at radius 3 is 2.50 bits per heavy atom. The van der Waals surface area contributed by atoms with E-state index in [-0.39, 0.29) is 5.91 Å². The monoisotopic (exact) mass is 201 g/mol. The molecule has 0 aromatic heterocycles. The number of nitrogens with one attached hydrogen (secondary N) is 1. The predicted octanol–water partition coefficient (Wildman–Crippen LogP) is 0.183. The number of nitrogens with two attached hydrogens (primary N) is 1. The molecule has 1 amide bonds. The van der Waals surface area contributed by atoms with Crippen LogP contribution in [0.4, 0.5) is 0 Å². The van der Waals surface area contributed by atoms with Gasteiger partial charge in [-0.3, -0.25) is 4.79 Å². The van der Waals surface area contributed by atoms with Gasteiger partial charge in [0.2, 0.25) is 5.91 Å². The highest BCUT2D eigenvalue weighted by Gasteiger charge is 2.05. The lowest BCUT2D eigenvalue weighted by atomic mass is 10.3. The Bertz CT molecular complexity index is 144. The zero-order valence-electron chi connectivity index (χ0n) is 9.38. The Morgan fingerprint density at radius 2 is 2.00 bits per heavy atom. The molecule has 0 unspecified atom stereocenters. The lowest BCUT2D eigenvalue weighted by Crippen LogP contribution is -2.34. The number of carbonyl (C=O) groups is 1. The number of hydrogen-bond acceptors (Lipinski definition) is 3. The Labute approximate surface area is 86.8 Å². The highest BCUT2D eigenvalue weighted by molar-refractivity contribution is 5.75. The normalized spacial score (nSPS) is 10.6. The Hall–Kier alpha value is -0.610. The molecule has 0 radical (unpaired) electrons. The first kappa shape index (κ1) is 13.4. The van der Waals surface area contributed by atoms with Gasteiger partial charge in [-0.2, -0.15) is 0 Å². The van der Waals surface area contributed by atoms with E-state index >= 15 is 0 Å². The van der Waals surface area contributed by atoms with E-state index in [0.29, 0.717) is 19.5 Å². The van der Waals surface area contributed by atoms with Crippen LogP contribution in [0.3, 0.4) is 0 Å². The maximum Gasteiger partial charge on any atom is 0.221 e. The molecule has 84 valence electrons. The summed E-state index contributed by atoms with van der Waals surface area (Å²) in [5, 5.41) is 2.79. The topological polar surface area (TPSA) is 58.4 Å². The number of nitrogens with zero attached hydrogens (tertiary/aromatic N) is 1. The molecule has 0 aliphatic carbocycles. The summed E-state index contributed by atoms with van der Waals surface area (Å²) in [7, 11) is 0. The average molecular weight is 201 g/mol. The molecule has 0 saturated heterocycles. The summed E-state index contributed by atoms with van der Waals surface area (Å²) < 4.78 is 0. The van der Waals surface area contributed by atoms with Gasteiger partial charge in [-0.1, -0.05) is 6.92 Å². The van der Waals surface area contributed by atoms with Gasteiger partial charge < -0.3 is 16.0 Å². The molecule has 4 heteroatoms. The molecular formula is C10H23N3O. The summed E-state index contributed by atoms with van der Waals surface area (Å²) >= 11 is 0. The lowest BCUT2D eigenvalue weighted by Gasteiger charge is -2.20. The van der Waals surface area contributed by atoms with Crippen molar-refractivity contribution < 1.29 is 4.79 Å². The van der Waals surface area contributed by atoms with Crippen molar-refractivity contribution in [2.75, 3.05) is 32.7 Å². The van der Waals surface area contributed by atoms with Crippen molar-refractivity contribution in [3.63, 3.8) is 0 Å². The van der Waals surface area contributed by atoms with Crippen LogP contribution in [0.25, 0.3) is 0 Å². The van der Waals surface area contributed by atoms with E-state index in [1.807, 2.05) is 6.92 Å². The summed E-state index contributed by atoms with van der Waals surface area (Å²) in [6.07, 6.45) is 1.68. The van der Waals surface area contributed by atoms with Crippen LogP contribution in [-0.2, 0) is 4.79 Å². The molecule has 0 aromatic rings. The van der Waals surface area contributed by atoms with Crippen LogP contribution < -0.4 is 11.1 Å². The van der Waals surface area contributed by atoms with E-state index in [1.54, 1.807) is 0 Å². The molecular weight excluding hydrogens is 178 g/mol. The maximum absolute atomic E-state index is 11.2. The van der Waals surface area contributed by atoms with E-state index in [0.717, 1.165) is 26.1 Å². The summed E-state index contributed by atoms with van der Waals surface area (Å²) in [6, 6.07) is 0. The standard InChI is InChI=1S/C10H23N3O/c1-3-7-13(9-6-11)8-5-10(14)12-4-2/h3-9,11H2,1-2H3,(H,12,14). The van der Waals surface area contributed by atoms with Crippen molar-refractivity contribution in [3.05, 3.63) is 0 Å². The summed E-state index contributed by atoms with van der Waals surface area (Å²) in [4.78, 5) is 13.4. The number of carbonyl (C=O) groups excluding carboxylic acids is 1. The largest absolute Gasteiger partial charge is 0.356 e. The average Bonchev–Trinajstić information content (AvgIpc) is 2.15. The smallest absolute Gasteiger partial charge is 0.221 e. The SMILES string of the molecule is CCCN(CCN)CCC(=O)NCC. The first-order chi connectivity index (χ1) is 6.74. The van der Waals surface area contributed by atoms with Gasteiger partial charge in [-0.05, 0) is 19.9 Å². The van der Waals surface area contributed by atoms with Crippen LogP contribution in [0.5, 0.6) is 0 Å². The fraction of sp³-hybridized carbons (Fsp3) is 0.900. The molecule has 0 rings (SSSR count). The van der Waals surface area contributed by atoms with E-state index in [9.17, 15) is 4.79 Å². The van der Waals surface area contributed by atoms with E-state index in [2.05, 4.69) is 17.1 Å². The van der Waals surface area contributed by atoms with Crippen LogP contribution in [0, 0.1) is 0 Å². The van der Waals surface area contributed by atoms with Gasteiger partial charge in [0.15, 0.2) is 0 Å². The molecule has 0 aromatic carbocycles. The Balaban J connectivity index is 3.63. The van der Waals surface area contributed by atoms with Gasteiger partial charge in [0.25, 0.3) is 0 Å². The number of hydrogen-bond donors (Lipinski definition) is 2. The van der Waals surface area contributed by atoms with E-state index in [1.165, 1.54) is 0 Å². The molecule has 14 heavy (non-hydrogen) atoms. The van der Waals surface area contributed by atoms with Gasteiger partial charge >= 0.3 is 0 Å². The highest BCUT2D eigenvalue weighted by Crippen LogP contribution is 1.93. The minimum atomic E-state index is 0.130. The summed E-state index contributed by atoms with van der Waals surface area (Å²) in [6.45, 7) is 8.16. The molecule has 0 aliphatic heterocycles.